The maximum atomic E-state index is 12.3. The Balaban J connectivity index is 2.33. The van der Waals surface area contributed by atoms with Crippen LogP contribution in [0.4, 0.5) is 5.69 Å². The quantitative estimate of drug-likeness (QED) is 0.909. The lowest BCUT2D eigenvalue weighted by atomic mass is 10.1. The van der Waals surface area contributed by atoms with Crippen LogP contribution in [0.25, 0.3) is 0 Å². The highest BCUT2D eigenvalue weighted by Gasteiger charge is 2.15. The first-order valence-corrected chi connectivity index (χ1v) is 7.80. The molecule has 3 N–H and O–H groups in total. The van der Waals surface area contributed by atoms with Crippen LogP contribution in [0, 0.1) is 13.8 Å². The van der Waals surface area contributed by atoms with Crippen LogP contribution in [0.2, 0.25) is 0 Å². The molecule has 0 aliphatic rings. The first kappa shape index (κ1) is 14.6. The number of benzene rings is 2. The minimum atomic E-state index is -3.57. The fraction of sp³-hybridized carbons (Fsp3) is 0.200. The molecule has 0 saturated carbocycles. The zero-order valence-electron chi connectivity index (χ0n) is 11.6. The smallest absolute Gasteiger partial charge is 0.261 e. The van der Waals surface area contributed by atoms with Crippen molar-refractivity contribution >= 4 is 15.7 Å². The molecule has 2 rings (SSSR count). The van der Waals surface area contributed by atoms with E-state index in [1.807, 2.05) is 26.0 Å². The molecule has 0 saturated heterocycles. The van der Waals surface area contributed by atoms with Crippen molar-refractivity contribution in [1.29, 1.82) is 0 Å². The number of nitrogens with two attached hydrogens (primary N) is 1. The van der Waals surface area contributed by atoms with Crippen molar-refractivity contribution in [1.82, 2.24) is 0 Å². The number of rotatable bonds is 4. The number of hydrogen-bond donors (Lipinski definition) is 2. The molecule has 0 fully saturated rings. The van der Waals surface area contributed by atoms with Crippen molar-refractivity contribution in [3.05, 3.63) is 59.2 Å². The molecular weight excluding hydrogens is 272 g/mol. The second-order valence-electron chi connectivity index (χ2n) is 4.70. The zero-order chi connectivity index (χ0) is 14.8. The van der Waals surface area contributed by atoms with Gasteiger partial charge in [0.2, 0.25) is 0 Å². The monoisotopic (exact) mass is 290 g/mol. The van der Waals surface area contributed by atoms with Crippen molar-refractivity contribution in [2.45, 2.75) is 25.3 Å². The highest BCUT2D eigenvalue weighted by molar-refractivity contribution is 7.92. The van der Waals surface area contributed by atoms with E-state index >= 15 is 0 Å². The lowest BCUT2D eigenvalue weighted by Crippen LogP contribution is -2.14. The summed E-state index contributed by atoms with van der Waals surface area (Å²) >= 11 is 0. The summed E-state index contributed by atoms with van der Waals surface area (Å²) in [6.45, 7) is 4.23. The van der Waals surface area contributed by atoms with Crippen molar-refractivity contribution in [3.63, 3.8) is 0 Å². The van der Waals surface area contributed by atoms with E-state index in [2.05, 4.69) is 4.72 Å². The molecule has 0 aliphatic heterocycles. The molecular formula is C15H18N2O2S. The molecule has 0 spiro atoms. The van der Waals surface area contributed by atoms with Crippen molar-refractivity contribution in [2.75, 3.05) is 4.72 Å². The Morgan fingerprint density at radius 2 is 1.70 bits per heavy atom. The molecule has 0 bridgehead atoms. The van der Waals surface area contributed by atoms with Crippen molar-refractivity contribution < 1.29 is 8.42 Å². The fourth-order valence-corrected chi connectivity index (χ4v) is 2.99. The highest BCUT2D eigenvalue weighted by atomic mass is 32.2. The normalized spacial score (nSPS) is 11.3. The van der Waals surface area contributed by atoms with Gasteiger partial charge in [0.1, 0.15) is 0 Å². The molecule has 2 aromatic rings. The van der Waals surface area contributed by atoms with Gasteiger partial charge < -0.3 is 5.73 Å². The van der Waals surface area contributed by atoms with Crippen LogP contribution in [0.5, 0.6) is 0 Å². The van der Waals surface area contributed by atoms with Crippen LogP contribution in [-0.4, -0.2) is 8.42 Å². The number of nitrogens with one attached hydrogen (secondary N) is 1. The van der Waals surface area contributed by atoms with Crippen LogP contribution >= 0.6 is 0 Å². The molecule has 0 heterocycles. The van der Waals surface area contributed by atoms with Gasteiger partial charge in [-0.25, -0.2) is 8.42 Å². The van der Waals surface area contributed by atoms with E-state index in [4.69, 9.17) is 5.73 Å². The summed E-state index contributed by atoms with van der Waals surface area (Å²) in [6, 6.07) is 12.1. The summed E-state index contributed by atoms with van der Waals surface area (Å²) in [6.07, 6.45) is 0. The molecule has 0 amide bonds. The highest BCUT2D eigenvalue weighted by Crippen LogP contribution is 2.22. The van der Waals surface area contributed by atoms with Crippen LogP contribution in [0.1, 0.15) is 16.7 Å². The van der Waals surface area contributed by atoms with Gasteiger partial charge in [-0.1, -0.05) is 24.3 Å². The van der Waals surface area contributed by atoms with Gasteiger partial charge in [-0.3, -0.25) is 4.72 Å². The molecule has 4 nitrogen and oxygen atoms in total. The van der Waals surface area contributed by atoms with E-state index < -0.39 is 10.0 Å². The standard InChI is InChI=1S/C15H18N2O2S/c1-11-4-3-5-15(12(11)2)17-20(18,19)14-8-6-13(10-16)7-9-14/h3-9,17H,10,16H2,1-2H3. The number of hydrogen-bond acceptors (Lipinski definition) is 3. The first-order valence-electron chi connectivity index (χ1n) is 6.32. The van der Waals surface area contributed by atoms with Gasteiger partial charge in [-0.15, -0.1) is 0 Å². The molecule has 0 radical (unpaired) electrons. The Morgan fingerprint density at radius 1 is 1.05 bits per heavy atom. The SMILES string of the molecule is Cc1cccc(NS(=O)(=O)c2ccc(CN)cc2)c1C. The molecule has 2 aromatic carbocycles. The Bertz CT molecular complexity index is 707. The maximum absolute atomic E-state index is 12.3. The van der Waals surface area contributed by atoms with E-state index in [9.17, 15) is 8.42 Å². The predicted molar refractivity (Wildman–Crippen MR) is 81.1 cm³/mol. The van der Waals surface area contributed by atoms with Crippen LogP contribution in [0.15, 0.2) is 47.4 Å². The topological polar surface area (TPSA) is 72.2 Å². The van der Waals surface area contributed by atoms with Gasteiger partial charge in [-0.2, -0.15) is 0 Å². The van der Waals surface area contributed by atoms with Crippen LogP contribution in [0.3, 0.4) is 0 Å². The van der Waals surface area contributed by atoms with Crippen molar-refractivity contribution in [3.8, 4) is 0 Å². The van der Waals surface area contributed by atoms with Crippen molar-refractivity contribution in [2.24, 2.45) is 5.73 Å². The molecule has 0 atom stereocenters. The van der Waals surface area contributed by atoms with Gasteiger partial charge in [0.05, 0.1) is 10.6 Å². The number of sulfonamides is 1. The van der Waals surface area contributed by atoms with E-state index in [-0.39, 0.29) is 4.90 Å². The number of aryl methyl sites for hydroxylation is 1. The lowest BCUT2D eigenvalue weighted by Gasteiger charge is -2.12. The van der Waals surface area contributed by atoms with Gasteiger partial charge in [0, 0.05) is 6.54 Å². The van der Waals surface area contributed by atoms with E-state index in [1.54, 1.807) is 30.3 Å². The minimum Gasteiger partial charge on any atom is -0.326 e. The minimum absolute atomic E-state index is 0.232. The Labute approximate surface area is 119 Å². The summed E-state index contributed by atoms with van der Waals surface area (Å²) in [5, 5.41) is 0. The molecule has 0 unspecified atom stereocenters. The maximum Gasteiger partial charge on any atom is 0.261 e. The van der Waals surface area contributed by atoms with E-state index in [0.717, 1.165) is 16.7 Å². The third-order valence-electron chi connectivity index (χ3n) is 3.32. The average molecular weight is 290 g/mol. The summed E-state index contributed by atoms with van der Waals surface area (Å²) in [5.74, 6) is 0. The summed E-state index contributed by atoms with van der Waals surface area (Å²) in [4.78, 5) is 0.232. The van der Waals surface area contributed by atoms with Crippen LogP contribution < -0.4 is 10.5 Å². The Hall–Kier alpha value is -1.85. The lowest BCUT2D eigenvalue weighted by molar-refractivity contribution is 0.601. The Kier molecular flexibility index (Phi) is 4.11. The van der Waals surface area contributed by atoms with Gasteiger partial charge >= 0.3 is 0 Å². The third-order valence-corrected chi connectivity index (χ3v) is 4.70. The zero-order valence-corrected chi connectivity index (χ0v) is 12.4. The predicted octanol–water partition coefficient (Wildman–Crippen LogP) is 2.56. The third kappa shape index (κ3) is 3.00. The summed E-state index contributed by atoms with van der Waals surface area (Å²) in [7, 11) is -3.57. The van der Waals surface area contributed by atoms with Gasteiger partial charge in [-0.05, 0) is 48.7 Å². The fourth-order valence-electron chi connectivity index (χ4n) is 1.87. The molecule has 0 aliphatic carbocycles. The van der Waals surface area contributed by atoms with Gasteiger partial charge in [0.25, 0.3) is 10.0 Å². The first-order chi connectivity index (χ1) is 9.44. The Morgan fingerprint density at radius 3 is 2.30 bits per heavy atom. The van der Waals surface area contributed by atoms with E-state index in [1.165, 1.54) is 0 Å². The van der Waals surface area contributed by atoms with E-state index in [0.29, 0.717) is 12.2 Å². The summed E-state index contributed by atoms with van der Waals surface area (Å²) in [5.41, 5.74) is 8.98. The van der Waals surface area contributed by atoms with Crippen LogP contribution in [-0.2, 0) is 16.6 Å². The molecule has 0 aromatic heterocycles. The summed E-state index contributed by atoms with van der Waals surface area (Å²) < 4.78 is 27.3. The second-order valence-corrected chi connectivity index (χ2v) is 6.38. The molecule has 20 heavy (non-hydrogen) atoms. The molecule has 106 valence electrons. The van der Waals surface area contributed by atoms with Gasteiger partial charge in [0.15, 0.2) is 0 Å². The second kappa shape index (κ2) is 5.64. The molecule has 5 heteroatoms. The average Bonchev–Trinajstić information content (AvgIpc) is 2.44. The number of anilines is 1. The largest absolute Gasteiger partial charge is 0.326 e.